The molecule has 0 fully saturated rings. The third-order valence-electron chi connectivity index (χ3n) is 0.372. The van der Waals surface area contributed by atoms with Gasteiger partial charge in [0.25, 0.3) is 0 Å². The molecule has 0 aliphatic carbocycles. The van der Waals surface area contributed by atoms with Crippen LogP contribution in [0.5, 0.6) is 0 Å². The van der Waals surface area contributed by atoms with Gasteiger partial charge in [0.15, 0.2) is 0 Å². The first-order valence-electron chi connectivity index (χ1n) is 1.37. The van der Waals surface area contributed by atoms with E-state index in [1.807, 2.05) is 0 Å². The van der Waals surface area contributed by atoms with Crippen LogP contribution in [-0.4, -0.2) is 6.34 Å². The number of halogens is 3. The van der Waals surface area contributed by atoms with Gasteiger partial charge in [0, 0.05) is 12.4 Å². The topological polar surface area (TPSA) is 26.5 Å². The predicted octanol–water partition coefficient (Wildman–Crippen LogP) is 1.37. The maximum absolute atomic E-state index is 3.61. The van der Waals surface area contributed by atoms with E-state index in [2.05, 4.69) is 10.3 Å². The molecule has 1 aliphatic heterocycles. The number of rotatable bonds is 0. The highest BCUT2D eigenvalue weighted by atomic mass is 35.5. The van der Waals surface area contributed by atoms with Crippen molar-refractivity contribution in [3.63, 3.8) is 0 Å². The van der Waals surface area contributed by atoms with E-state index in [1.54, 1.807) is 12.4 Å². The molecule has 1 heterocycles. The first-order chi connectivity index (χ1) is 2.50. The smallest absolute Gasteiger partial charge is 0.115 e. The number of nitrogens with zero attached hydrogens (tertiary/aromatic N) is 2. The Hall–Kier alpha value is 0.0800. The fourth-order valence-electron chi connectivity index (χ4n) is 0.192. The first-order valence-corrected chi connectivity index (χ1v) is 1.37. The molecule has 0 aromatic heterocycles. The molecule has 49 valence electrons. The fourth-order valence-corrected chi connectivity index (χ4v) is 0.192. The Bertz CT molecular complexity index is 70.6. The van der Waals surface area contributed by atoms with Crippen LogP contribution >= 0.6 is 37.2 Å². The Morgan fingerprint density at radius 2 is 1.50 bits per heavy atom. The zero-order chi connectivity index (χ0) is 3.54. The van der Waals surface area contributed by atoms with Gasteiger partial charge in [-0.15, -0.1) is 37.2 Å². The molecule has 0 amide bonds. The minimum atomic E-state index is 0. The van der Waals surface area contributed by atoms with Crippen LogP contribution in [0.3, 0.4) is 0 Å². The summed E-state index contributed by atoms with van der Waals surface area (Å²) in [6, 6.07) is 0. The van der Waals surface area contributed by atoms with Crippen molar-refractivity contribution in [3.8, 4) is 0 Å². The van der Waals surface area contributed by atoms with Crippen LogP contribution in [0.25, 0.3) is 0 Å². The molecule has 0 unspecified atom stereocenters. The highest BCUT2D eigenvalue weighted by Crippen LogP contribution is 1.74. The summed E-state index contributed by atoms with van der Waals surface area (Å²) < 4.78 is 0. The molecule has 2 nitrogen and oxygen atoms in total. The number of aliphatic imine (C=N–C) groups is 1. The molecule has 0 aromatic carbocycles. The molecule has 0 saturated carbocycles. The number of hydrogen-bond donors (Lipinski definition) is 0. The monoisotopic (exact) mass is 175 g/mol. The van der Waals surface area contributed by atoms with Crippen molar-refractivity contribution in [2.45, 2.75) is 0 Å². The summed E-state index contributed by atoms with van der Waals surface area (Å²) in [6.45, 7) is 0. The Labute approximate surface area is 66.7 Å². The average molecular weight is 176 g/mol. The van der Waals surface area contributed by atoms with Gasteiger partial charge >= 0.3 is 0 Å². The number of hydrogen-bond acceptors (Lipinski definition) is 1. The Morgan fingerprint density at radius 1 is 0.875 bits per heavy atom. The van der Waals surface area contributed by atoms with Crippen molar-refractivity contribution < 1.29 is 0 Å². The molecule has 0 spiro atoms. The van der Waals surface area contributed by atoms with Gasteiger partial charge in [-0.25, -0.2) is 10.3 Å². The first kappa shape index (κ1) is 15.7. The molecule has 0 saturated heterocycles. The van der Waals surface area contributed by atoms with E-state index in [0.29, 0.717) is 0 Å². The van der Waals surface area contributed by atoms with E-state index in [-0.39, 0.29) is 37.2 Å². The standard InChI is InChI=1S/C3H3N2.3ClH/c1-2-5-3-4-1;;;/h1-3H;3*1H. The third kappa shape index (κ3) is 6.08. The van der Waals surface area contributed by atoms with Crippen LogP contribution in [0.4, 0.5) is 0 Å². The van der Waals surface area contributed by atoms with Gasteiger partial charge in [-0.1, -0.05) is 0 Å². The van der Waals surface area contributed by atoms with Crippen molar-refractivity contribution in [3.05, 3.63) is 12.4 Å². The maximum atomic E-state index is 3.61. The zero-order valence-corrected chi connectivity index (χ0v) is 6.30. The summed E-state index contributed by atoms with van der Waals surface area (Å²) in [5, 5.41) is 3.61. The Morgan fingerprint density at radius 3 is 1.62 bits per heavy atom. The van der Waals surface area contributed by atoms with Crippen molar-refractivity contribution in [1.29, 1.82) is 0 Å². The molecule has 1 rings (SSSR count). The molecule has 5 heteroatoms. The Kier molecular flexibility index (Phi) is 19.9. The van der Waals surface area contributed by atoms with Crippen LogP contribution in [-0.2, 0) is 0 Å². The van der Waals surface area contributed by atoms with Crippen molar-refractivity contribution in [1.82, 2.24) is 5.32 Å². The van der Waals surface area contributed by atoms with Gasteiger partial charge in [0.1, 0.15) is 6.34 Å². The van der Waals surface area contributed by atoms with Crippen LogP contribution in [0.15, 0.2) is 17.4 Å². The molecule has 0 aromatic rings. The minimum Gasteiger partial charge on any atom is -0.243 e. The molecular weight excluding hydrogens is 170 g/mol. The lowest BCUT2D eigenvalue weighted by Gasteiger charge is -1.60. The van der Waals surface area contributed by atoms with E-state index in [0.717, 1.165) is 0 Å². The molecule has 8 heavy (non-hydrogen) atoms. The van der Waals surface area contributed by atoms with Crippen LogP contribution < -0.4 is 5.32 Å². The molecular formula is C3H6Cl3N2. The van der Waals surface area contributed by atoms with Crippen LogP contribution in [0, 0.1) is 0 Å². The summed E-state index contributed by atoms with van der Waals surface area (Å²) in [5.41, 5.74) is 0. The fraction of sp³-hybridized carbons (Fsp3) is 0. The van der Waals surface area contributed by atoms with E-state index in [9.17, 15) is 0 Å². The quantitative estimate of drug-likeness (QED) is 0.533. The molecule has 1 aliphatic rings. The van der Waals surface area contributed by atoms with Gasteiger partial charge in [0.05, 0.1) is 0 Å². The average Bonchev–Trinajstić information content (AvgIpc) is 1.76. The molecule has 0 atom stereocenters. The van der Waals surface area contributed by atoms with E-state index in [4.69, 9.17) is 0 Å². The summed E-state index contributed by atoms with van der Waals surface area (Å²) in [7, 11) is 0. The maximum Gasteiger partial charge on any atom is 0.115 e. The van der Waals surface area contributed by atoms with Gasteiger partial charge in [-0.3, -0.25) is 0 Å². The summed E-state index contributed by atoms with van der Waals surface area (Å²) in [6.07, 6.45) is 4.78. The SMILES string of the molecule is C1=CN=C[N]1.Cl.Cl.Cl. The summed E-state index contributed by atoms with van der Waals surface area (Å²) in [4.78, 5) is 3.61. The predicted molar refractivity (Wildman–Crippen MR) is 41.5 cm³/mol. The third-order valence-corrected chi connectivity index (χ3v) is 0.372. The second-order valence-corrected chi connectivity index (χ2v) is 0.712. The second kappa shape index (κ2) is 10.1. The lowest BCUT2D eigenvalue weighted by atomic mass is 11.0. The van der Waals surface area contributed by atoms with Crippen molar-refractivity contribution in [2.24, 2.45) is 4.99 Å². The minimum absolute atomic E-state index is 0. The van der Waals surface area contributed by atoms with Crippen molar-refractivity contribution >= 4 is 43.6 Å². The largest absolute Gasteiger partial charge is 0.243 e. The van der Waals surface area contributed by atoms with E-state index < -0.39 is 0 Å². The lowest BCUT2D eigenvalue weighted by Crippen LogP contribution is -1.79. The van der Waals surface area contributed by atoms with E-state index in [1.165, 1.54) is 6.34 Å². The zero-order valence-electron chi connectivity index (χ0n) is 3.85. The van der Waals surface area contributed by atoms with Gasteiger partial charge in [-0.05, 0) is 0 Å². The van der Waals surface area contributed by atoms with E-state index >= 15 is 0 Å². The van der Waals surface area contributed by atoms with Crippen molar-refractivity contribution in [2.75, 3.05) is 0 Å². The van der Waals surface area contributed by atoms with Crippen LogP contribution in [0.2, 0.25) is 0 Å². The lowest BCUT2D eigenvalue weighted by molar-refractivity contribution is 1.34. The molecule has 1 radical (unpaired) electrons. The second-order valence-electron chi connectivity index (χ2n) is 0.712. The molecule has 0 N–H and O–H groups in total. The van der Waals surface area contributed by atoms with Gasteiger partial charge in [0.2, 0.25) is 0 Å². The van der Waals surface area contributed by atoms with Gasteiger partial charge in [-0.2, -0.15) is 0 Å². The van der Waals surface area contributed by atoms with Crippen LogP contribution in [0.1, 0.15) is 0 Å². The normalized spacial score (nSPS) is 10.0. The summed E-state index contributed by atoms with van der Waals surface area (Å²) in [5.74, 6) is 0. The highest BCUT2D eigenvalue weighted by Gasteiger charge is 1.72. The Balaban J connectivity index is -0.0000000833. The van der Waals surface area contributed by atoms with Gasteiger partial charge < -0.3 is 0 Å². The molecule has 0 bridgehead atoms. The summed E-state index contributed by atoms with van der Waals surface area (Å²) >= 11 is 0. The highest BCUT2D eigenvalue weighted by molar-refractivity contribution is 5.86.